The molecule has 138 valence electrons. The topological polar surface area (TPSA) is 76.9 Å². The van der Waals surface area contributed by atoms with Crippen LogP contribution in [0.25, 0.3) is 5.69 Å². The number of aromatic nitrogens is 3. The molecule has 0 bridgehead atoms. The van der Waals surface area contributed by atoms with Crippen LogP contribution in [0.15, 0.2) is 24.3 Å². The second-order valence-corrected chi connectivity index (χ2v) is 7.52. The molecule has 1 aromatic carbocycles. The highest BCUT2D eigenvalue weighted by molar-refractivity contribution is 7.17. The molecular weight excluding hydrogens is 391 g/mol. The lowest BCUT2D eigenvalue weighted by Gasteiger charge is -2.05. The molecule has 0 saturated heterocycles. The Balaban J connectivity index is 1.63. The number of amides is 1. The molecule has 2 aromatic heterocycles. The SMILES string of the molecule is Cc1nn(-c2ccc(F)cc2)c(Cl)c1C(=O)Nc1nc2c(s1)C(=O)CCC2. The molecule has 1 aliphatic carbocycles. The van der Waals surface area contributed by atoms with Crippen molar-refractivity contribution in [2.75, 3.05) is 5.32 Å². The van der Waals surface area contributed by atoms with Gasteiger partial charge in [-0.3, -0.25) is 14.9 Å². The summed E-state index contributed by atoms with van der Waals surface area (Å²) >= 11 is 7.54. The molecule has 6 nitrogen and oxygen atoms in total. The van der Waals surface area contributed by atoms with E-state index in [0.29, 0.717) is 27.8 Å². The van der Waals surface area contributed by atoms with Crippen LogP contribution in [0.5, 0.6) is 0 Å². The van der Waals surface area contributed by atoms with Gasteiger partial charge in [0.1, 0.15) is 16.5 Å². The Morgan fingerprint density at radius 3 is 2.74 bits per heavy atom. The fourth-order valence-corrected chi connectivity index (χ4v) is 4.32. The zero-order chi connectivity index (χ0) is 19.1. The van der Waals surface area contributed by atoms with Crippen molar-refractivity contribution >= 4 is 39.8 Å². The molecule has 0 aliphatic heterocycles. The van der Waals surface area contributed by atoms with E-state index in [4.69, 9.17) is 11.6 Å². The number of carbonyl (C=O) groups is 2. The summed E-state index contributed by atoms with van der Waals surface area (Å²) in [5, 5.41) is 7.48. The minimum atomic E-state index is -0.454. The number of anilines is 1. The normalized spacial score (nSPS) is 13.5. The quantitative estimate of drug-likeness (QED) is 0.709. The Kier molecular flexibility index (Phi) is 4.53. The lowest BCUT2D eigenvalue weighted by atomic mass is 10.0. The van der Waals surface area contributed by atoms with Gasteiger partial charge in [-0.2, -0.15) is 5.10 Å². The van der Waals surface area contributed by atoms with Crippen molar-refractivity contribution in [2.45, 2.75) is 26.2 Å². The average Bonchev–Trinajstić information content (AvgIpc) is 3.17. The first-order chi connectivity index (χ1) is 12.9. The second kappa shape index (κ2) is 6.86. The minimum Gasteiger partial charge on any atom is -0.298 e. The van der Waals surface area contributed by atoms with Crippen molar-refractivity contribution in [3.8, 4) is 5.69 Å². The van der Waals surface area contributed by atoms with Crippen LogP contribution < -0.4 is 5.32 Å². The average molecular weight is 405 g/mol. The highest BCUT2D eigenvalue weighted by Gasteiger charge is 2.25. The summed E-state index contributed by atoms with van der Waals surface area (Å²) in [7, 11) is 0. The largest absolute Gasteiger partial charge is 0.298 e. The Bertz CT molecular complexity index is 1060. The number of fused-ring (bicyclic) bond motifs is 1. The van der Waals surface area contributed by atoms with E-state index in [0.717, 1.165) is 18.5 Å². The first-order valence-electron chi connectivity index (χ1n) is 8.29. The third kappa shape index (κ3) is 3.26. The zero-order valence-corrected chi connectivity index (χ0v) is 15.8. The smallest absolute Gasteiger partial charge is 0.262 e. The van der Waals surface area contributed by atoms with Crippen LogP contribution in [0.4, 0.5) is 9.52 Å². The highest BCUT2D eigenvalue weighted by atomic mass is 35.5. The fourth-order valence-electron chi connectivity index (χ4n) is 2.99. The van der Waals surface area contributed by atoms with Gasteiger partial charge >= 0.3 is 0 Å². The summed E-state index contributed by atoms with van der Waals surface area (Å²) in [6.45, 7) is 1.66. The summed E-state index contributed by atoms with van der Waals surface area (Å²) in [5.41, 5.74) is 1.91. The predicted molar refractivity (Wildman–Crippen MR) is 101 cm³/mol. The molecular formula is C18H14ClFN4O2S. The van der Waals surface area contributed by atoms with Gasteiger partial charge in [-0.1, -0.05) is 22.9 Å². The van der Waals surface area contributed by atoms with Crippen LogP contribution in [-0.4, -0.2) is 26.5 Å². The van der Waals surface area contributed by atoms with Gasteiger partial charge in [-0.15, -0.1) is 0 Å². The zero-order valence-electron chi connectivity index (χ0n) is 14.3. The molecule has 0 spiro atoms. The third-order valence-electron chi connectivity index (χ3n) is 4.29. The lowest BCUT2D eigenvalue weighted by Crippen LogP contribution is -2.13. The standard InChI is InChI=1S/C18H14ClFN4O2S/c1-9-14(16(19)24(23-9)11-7-5-10(20)6-8-11)17(26)22-18-21-12-3-2-4-13(25)15(12)27-18/h5-8H,2-4H2,1H3,(H,21,22,26). The maximum atomic E-state index is 13.1. The number of thiazole rings is 1. The van der Waals surface area contributed by atoms with E-state index in [1.54, 1.807) is 6.92 Å². The molecule has 0 atom stereocenters. The van der Waals surface area contributed by atoms with Crippen LogP contribution in [-0.2, 0) is 6.42 Å². The monoisotopic (exact) mass is 404 g/mol. The van der Waals surface area contributed by atoms with E-state index in [-0.39, 0.29) is 22.3 Å². The van der Waals surface area contributed by atoms with Crippen LogP contribution in [0, 0.1) is 12.7 Å². The van der Waals surface area contributed by atoms with Crippen LogP contribution in [0.1, 0.15) is 44.3 Å². The molecule has 4 rings (SSSR count). The molecule has 0 saturated carbocycles. The number of carbonyl (C=O) groups excluding carboxylic acids is 2. The molecule has 2 heterocycles. The number of nitrogens with one attached hydrogen (secondary N) is 1. The second-order valence-electron chi connectivity index (χ2n) is 6.17. The number of rotatable bonds is 3. The minimum absolute atomic E-state index is 0.0626. The molecule has 3 aromatic rings. The van der Waals surface area contributed by atoms with Crippen molar-refractivity contribution in [2.24, 2.45) is 0 Å². The van der Waals surface area contributed by atoms with Crippen molar-refractivity contribution in [1.29, 1.82) is 0 Å². The van der Waals surface area contributed by atoms with Crippen LogP contribution in [0.2, 0.25) is 5.15 Å². The molecule has 1 amide bonds. The van der Waals surface area contributed by atoms with Gasteiger partial charge in [-0.05, 0) is 44.0 Å². The maximum Gasteiger partial charge on any atom is 0.262 e. The molecule has 9 heteroatoms. The van der Waals surface area contributed by atoms with Crippen LogP contribution in [0.3, 0.4) is 0 Å². The Morgan fingerprint density at radius 1 is 1.30 bits per heavy atom. The molecule has 0 radical (unpaired) electrons. The van der Waals surface area contributed by atoms with Gasteiger partial charge in [0.25, 0.3) is 5.91 Å². The molecule has 27 heavy (non-hydrogen) atoms. The third-order valence-corrected chi connectivity index (χ3v) is 5.69. The summed E-state index contributed by atoms with van der Waals surface area (Å²) in [5.74, 6) is -0.768. The fraction of sp³-hybridized carbons (Fsp3) is 0.222. The number of Topliss-reactive ketones (excluding diaryl/α,β-unsaturated/α-hetero) is 1. The van der Waals surface area contributed by atoms with Crippen molar-refractivity contribution in [1.82, 2.24) is 14.8 Å². The summed E-state index contributed by atoms with van der Waals surface area (Å²) in [6.07, 6.45) is 2.02. The van der Waals surface area contributed by atoms with Crippen molar-refractivity contribution in [3.63, 3.8) is 0 Å². The van der Waals surface area contributed by atoms with Gasteiger partial charge in [0.15, 0.2) is 10.9 Å². The Hall–Kier alpha value is -2.58. The number of hydrogen-bond acceptors (Lipinski definition) is 5. The summed E-state index contributed by atoms with van der Waals surface area (Å²) in [4.78, 5) is 29.6. The van der Waals surface area contributed by atoms with E-state index in [2.05, 4.69) is 15.4 Å². The van der Waals surface area contributed by atoms with Gasteiger partial charge < -0.3 is 0 Å². The van der Waals surface area contributed by atoms with Crippen LogP contribution >= 0.6 is 22.9 Å². The number of nitrogens with zero attached hydrogens (tertiary/aromatic N) is 3. The van der Waals surface area contributed by atoms with E-state index < -0.39 is 5.91 Å². The van der Waals surface area contributed by atoms with E-state index >= 15 is 0 Å². The maximum absolute atomic E-state index is 13.1. The first kappa shape index (κ1) is 17.8. The predicted octanol–water partition coefficient (Wildman–Crippen LogP) is 4.20. The van der Waals surface area contributed by atoms with Gasteiger partial charge in [0.05, 0.1) is 22.0 Å². The van der Waals surface area contributed by atoms with Gasteiger partial charge in [-0.25, -0.2) is 14.1 Å². The Morgan fingerprint density at radius 2 is 2.04 bits per heavy atom. The lowest BCUT2D eigenvalue weighted by molar-refractivity contribution is 0.0975. The molecule has 0 unspecified atom stereocenters. The summed E-state index contributed by atoms with van der Waals surface area (Å²) in [6, 6.07) is 5.63. The van der Waals surface area contributed by atoms with E-state index in [9.17, 15) is 14.0 Å². The number of halogens is 2. The molecule has 1 aliphatic rings. The van der Waals surface area contributed by atoms with E-state index in [1.165, 1.54) is 40.3 Å². The van der Waals surface area contributed by atoms with E-state index in [1.807, 2.05) is 0 Å². The number of ketones is 1. The summed E-state index contributed by atoms with van der Waals surface area (Å²) < 4.78 is 14.5. The molecule has 0 fully saturated rings. The molecule has 1 N–H and O–H groups in total. The highest BCUT2D eigenvalue weighted by Crippen LogP contribution is 2.31. The van der Waals surface area contributed by atoms with Crippen molar-refractivity contribution in [3.05, 3.63) is 57.1 Å². The number of aryl methyl sites for hydroxylation is 2. The van der Waals surface area contributed by atoms with Crippen molar-refractivity contribution < 1.29 is 14.0 Å². The number of benzene rings is 1. The Labute approximate surface area is 163 Å². The first-order valence-corrected chi connectivity index (χ1v) is 9.49. The number of hydrogen-bond donors (Lipinski definition) is 1. The van der Waals surface area contributed by atoms with Gasteiger partial charge in [0.2, 0.25) is 0 Å². The van der Waals surface area contributed by atoms with Gasteiger partial charge in [0, 0.05) is 6.42 Å².